The molecule has 2 rings (SSSR count). The van der Waals surface area contributed by atoms with Crippen molar-refractivity contribution in [3.8, 4) is 6.07 Å². The number of halogens is 2. The van der Waals surface area contributed by atoms with E-state index in [1.807, 2.05) is 6.07 Å². The predicted molar refractivity (Wildman–Crippen MR) is 72.4 cm³/mol. The molecule has 0 aliphatic rings. The van der Waals surface area contributed by atoms with Crippen molar-refractivity contribution in [2.24, 2.45) is 0 Å². The van der Waals surface area contributed by atoms with Gasteiger partial charge in [0.2, 0.25) is 5.91 Å². The second kappa shape index (κ2) is 6.43. The summed E-state index contributed by atoms with van der Waals surface area (Å²) in [6.45, 7) is -0.0993. The molecule has 0 bridgehead atoms. The molecule has 0 atom stereocenters. The molecule has 0 saturated heterocycles. The Bertz CT molecular complexity index is 695. The Morgan fingerprint density at radius 3 is 2.67 bits per heavy atom. The molecular weight excluding hydrogens is 278 g/mol. The molecule has 1 aromatic carbocycles. The van der Waals surface area contributed by atoms with Gasteiger partial charge in [0.15, 0.2) is 11.6 Å². The van der Waals surface area contributed by atoms with Crippen LogP contribution in [0, 0.1) is 23.0 Å². The molecule has 21 heavy (non-hydrogen) atoms. The van der Waals surface area contributed by atoms with Gasteiger partial charge in [0, 0.05) is 18.0 Å². The zero-order valence-corrected chi connectivity index (χ0v) is 10.7. The Morgan fingerprint density at radius 1 is 1.24 bits per heavy atom. The van der Waals surface area contributed by atoms with Crippen LogP contribution in [0.4, 0.5) is 20.3 Å². The number of nitriles is 1. The van der Waals surface area contributed by atoms with Gasteiger partial charge < -0.3 is 10.6 Å². The number of carbonyl (C=O) groups excluding carboxylic acids is 1. The summed E-state index contributed by atoms with van der Waals surface area (Å²) in [5.41, 5.74) is 0.570. The normalized spacial score (nSPS) is 9.76. The van der Waals surface area contributed by atoms with Crippen LogP contribution in [0.5, 0.6) is 0 Å². The van der Waals surface area contributed by atoms with Crippen molar-refractivity contribution in [2.45, 2.75) is 0 Å². The number of pyridine rings is 1. The summed E-state index contributed by atoms with van der Waals surface area (Å²) in [5.74, 6) is -2.02. The first-order valence-electron chi connectivity index (χ1n) is 5.93. The zero-order valence-electron chi connectivity index (χ0n) is 10.7. The highest BCUT2D eigenvalue weighted by atomic mass is 19.2. The minimum absolute atomic E-state index is 0.0993. The third-order valence-electron chi connectivity index (χ3n) is 2.53. The molecule has 0 aliphatic heterocycles. The summed E-state index contributed by atoms with van der Waals surface area (Å²) < 4.78 is 25.7. The van der Waals surface area contributed by atoms with Gasteiger partial charge in [-0.25, -0.2) is 13.8 Å². The quantitative estimate of drug-likeness (QED) is 0.904. The summed E-state index contributed by atoms with van der Waals surface area (Å²) in [5, 5.41) is 13.8. The maximum atomic E-state index is 13.0. The van der Waals surface area contributed by atoms with E-state index in [9.17, 15) is 13.6 Å². The molecule has 0 saturated carbocycles. The van der Waals surface area contributed by atoms with Gasteiger partial charge in [0.05, 0.1) is 12.1 Å². The van der Waals surface area contributed by atoms with E-state index in [2.05, 4.69) is 15.6 Å². The SMILES string of the molecule is N#Cc1ccc(NCC(=O)Nc2ccc(F)c(F)c2)nc1. The van der Waals surface area contributed by atoms with Crippen molar-refractivity contribution in [3.63, 3.8) is 0 Å². The maximum Gasteiger partial charge on any atom is 0.243 e. The molecule has 2 N–H and O–H groups in total. The summed E-state index contributed by atoms with van der Waals surface area (Å²) in [6.07, 6.45) is 1.37. The average molecular weight is 288 g/mol. The largest absolute Gasteiger partial charge is 0.361 e. The summed E-state index contributed by atoms with van der Waals surface area (Å²) in [4.78, 5) is 15.6. The van der Waals surface area contributed by atoms with Gasteiger partial charge in [-0.3, -0.25) is 4.79 Å². The standard InChI is InChI=1S/C14H10F2N4O/c15-11-3-2-10(5-12(11)16)20-14(21)8-19-13-4-1-9(6-17)7-18-13/h1-5,7H,8H2,(H,18,19)(H,20,21). The lowest BCUT2D eigenvalue weighted by Crippen LogP contribution is -2.22. The lowest BCUT2D eigenvalue weighted by molar-refractivity contribution is -0.114. The first-order chi connectivity index (χ1) is 10.1. The van der Waals surface area contributed by atoms with Crippen molar-refractivity contribution < 1.29 is 13.6 Å². The Balaban J connectivity index is 1.89. The van der Waals surface area contributed by atoms with Crippen molar-refractivity contribution in [2.75, 3.05) is 17.2 Å². The highest BCUT2D eigenvalue weighted by Crippen LogP contribution is 2.13. The Labute approximate surface area is 119 Å². The van der Waals surface area contributed by atoms with E-state index in [0.29, 0.717) is 11.4 Å². The number of carbonyl (C=O) groups is 1. The number of rotatable bonds is 4. The monoisotopic (exact) mass is 288 g/mol. The number of hydrogen-bond acceptors (Lipinski definition) is 4. The molecule has 0 unspecified atom stereocenters. The molecule has 106 valence electrons. The van der Waals surface area contributed by atoms with Crippen LogP contribution in [0.25, 0.3) is 0 Å². The number of nitrogens with one attached hydrogen (secondary N) is 2. The second-order valence-electron chi connectivity index (χ2n) is 4.07. The number of anilines is 2. The Hall–Kier alpha value is -3.01. The van der Waals surface area contributed by atoms with Crippen molar-refractivity contribution in [1.29, 1.82) is 5.26 Å². The minimum atomic E-state index is -1.03. The van der Waals surface area contributed by atoms with E-state index in [-0.39, 0.29) is 12.2 Å². The molecule has 7 heteroatoms. The number of aromatic nitrogens is 1. The van der Waals surface area contributed by atoms with Crippen molar-refractivity contribution in [1.82, 2.24) is 4.98 Å². The fourth-order valence-electron chi connectivity index (χ4n) is 1.51. The lowest BCUT2D eigenvalue weighted by atomic mass is 10.3. The molecule has 5 nitrogen and oxygen atoms in total. The maximum absolute atomic E-state index is 13.0. The van der Waals surface area contributed by atoms with Crippen LogP contribution >= 0.6 is 0 Å². The third-order valence-corrected chi connectivity index (χ3v) is 2.53. The smallest absolute Gasteiger partial charge is 0.243 e. The van der Waals surface area contributed by atoms with E-state index in [1.165, 1.54) is 12.3 Å². The van der Waals surface area contributed by atoms with Gasteiger partial charge in [-0.1, -0.05) is 0 Å². The van der Waals surface area contributed by atoms with E-state index in [4.69, 9.17) is 5.26 Å². The molecular formula is C14H10F2N4O. The van der Waals surface area contributed by atoms with Crippen LogP contribution in [-0.2, 0) is 4.79 Å². The zero-order chi connectivity index (χ0) is 15.2. The Morgan fingerprint density at radius 2 is 2.05 bits per heavy atom. The first-order valence-corrected chi connectivity index (χ1v) is 5.93. The van der Waals surface area contributed by atoms with Crippen LogP contribution in [0.1, 0.15) is 5.56 Å². The van der Waals surface area contributed by atoms with Crippen molar-refractivity contribution in [3.05, 3.63) is 53.7 Å². The average Bonchev–Trinajstić information content (AvgIpc) is 2.49. The molecule has 0 fully saturated rings. The van der Waals surface area contributed by atoms with E-state index < -0.39 is 17.5 Å². The summed E-state index contributed by atoms with van der Waals surface area (Å²) >= 11 is 0. The summed E-state index contributed by atoms with van der Waals surface area (Å²) in [6, 6.07) is 8.13. The fourth-order valence-corrected chi connectivity index (χ4v) is 1.51. The molecule has 1 aromatic heterocycles. The van der Waals surface area contributed by atoms with E-state index in [0.717, 1.165) is 12.1 Å². The lowest BCUT2D eigenvalue weighted by Gasteiger charge is -2.07. The molecule has 0 aliphatic carbocycles. The topological polar surface area (TPSA) is 77.8 Å². The molecule has 1 amide bonds. The van der Waals surface area contributed by atoms with Gasteiger partial charge in [0.1, 0.15) is 11.9 Å². The van der Waals surface area contributed by atoms with Gasteiger partial charge in [-0.15, -0.1) is 0 Å². The van der Waals surface area contributed by atoms with Crippen LogP contribution in [0.2, 0.25) is 0 Å². The number of hydrogen-bond donors (Lipinski definition) is 2. The van der Waals surface area contributed by atoms with Crippen LogP contribution in [0.15, 0.2) is 36.5 Å². The Kier molecular flexibility index (Phi) is 4.41. The number of amides is 1. The third kappa shape index (κ3) is 3.98. The van der Waals surface area contributed by atoms with Gasteiger partial charge in [-0.2, -0.15) is 5.26 Å². The fraction of sp³-hybridized carbons (Fsp3) is 0.0714. The minimum Gasteiger partial charge on any atom is -0.361 e. The molecule has 2 aromatic rings. The van der Waals surface area contributed by atoms with Crippen LogP contribution in [0.3, 0.4) is 0 Å². The second-order valence-corrected chi connectivity index (χ2v) is 4.07. The van der Waals surface area contributed by atoms with Gasteiger partial charge in [-0.05, 0) is 24.3 Å². The van der Waals surface area contributed by atoms with Gasteiger partial charge >= 0.3 is 0 Å². The first kappa shape index (κ1) is 14.4. The van der Waals surface area contributed by atoms with Crippen LogP contribution < -0.4 is 10.6 Å². The van der Waals surface area contributed by atoms with Crippen molar-refractivity contribution >= 4 is 17.4 Å². The predicted octanol–water partition coefficient (Wildman–Crippen LogP) is 2.28. The highest BCUT2D eigenvalue weighted by molar-refractivity contribution is 5.93. The van der Waals surface area contributed by atoms with Crippen LogP contribution in [-0.4, -0.2) is 17.4 Å². The molecule has 0 spiro atoms. The number of nitrogens with zero attached hydrogens (tertiary/aromatic N) is 2. The van der Waals surface area contributed by atoms with E-state index in [1.54, 1.807) is 12.1 Å². The summed E-state index contributed by atoms with van der Waals surface area (Å²) in [7, 11) is 0. The van der Waals surface area contributed by atoms with E-state index >= 15 is 0 Å². The van der Waals surface area contributed by atoms with Gasteiger partial charge in [0.25, 0.3) is 0 Å². The molecule has 1 heterocycles. The number of benzene rings is 1. The highest BCUT2D eigenvalue weighted by Gasteiger charge is 2.06. The molecule has 0 radical (unpaired) electrons.